The molecule has 0 radical (unpaired) electrons. The Labute approximate surface area is 182 Å². The maximum Gasteiger partial charge on any atom is 0.253 e. The van der Waals surface area contributed by atoms with Crippen LogP contribution in [0.25, 0.3) is 5.69 Å². The summed E-state index contributed by atoms with van der Waals surface area (Å²) < 4.78 is 1.70. The highest BCUT2D eigenvalue weighted by atomic mass is 35.5. The Morgan fingerprint density at radius 2 is 2.03 bits per heavy atom. The molecule has 2 aromatic rings. The number of hydrogen-bond acceptors (Lipinski definition) is 4. The van der Waals surface area contributed by atoms with Crippen molar-refractivity contribution >= 4 is 24.2 Å². The summed E-state index contributed by atoms with van der Waals surface area (Å²) in [5, 5.41) is 10.9. The molecule has 0 unspecified atom stereocenters. The number of para-hydroxylation sites is 1. The number of rotatable bonds is 4. The fraction of sp³-hybridized carbons (Fsp3) is 0.500. The summed E-state index contributed by atoms with van der Waals surface area (Å²) in [7, 11) is 0. The molecule has 0 saturated carbocycles. The van der Waals surface area contributed by atoms with Gasteiger partial charge in [0, 0.05) is 37.9 Å². The first kappa shape index (κ1) is 20.9. The number of halogens is 1. The van der Waals surface area contributed by atoms with Gasteiger partial charge in [-0.05, 0) is 55.8 Å². The zero-order valence-electron chi connectivity index (χ0n) is 16.9. The largest absolute Gasteiger partial charge is 0.350 e. The van der Waals surface area contributed by atoms with E-state index in [0.717, 1.165) is 38.0 Å². The molecule has 160 valence electrons. The van der Waals surface area contributed by atoms with Crippen LogP contribution in [0.1, 0.15) is 36.0 Å². The van der Waals surface area contributed by atoms with Gasteiger partial charge < -0.3 is 15.5 Å². The highest BCUT2D eigenvalue weighted by Gasteiger charge is 2.47. The zero-order valence-corrected chi connectivity index (χ0v) is 17.7. The number of nitrogens with one attached hydrogen (secondary N) is 2. The first-order chi connectivity index (χ1) is 14.2. The van der Waals surface area contributed by atoms with Crippen LogP contribution in [0.2, 0.25) is 0 Å². The van der Waals surface area contributed by atoms with Gasteiger partial charge in [-0.1, -0.05) is 12.1 Å². The number of amides is 2. The fourth-order valence-corrected chi connectivity index (χ4v) is 5.47. The molecular formula is C22H28ClN5O2. The van der Waals surface area contributed by atoms with Crippen molar-refractivity contribution in [2.75, 3.05) is 19.6 Å². The van der Waals surface area contributed by atoms with Crippen molar-refractivity contribution < 1.29 is 9.59 Å². The molecular weight excluding hydrogens is 402 g/mol. The molecule has 3 aliphatic rings. The van der Waals surface area contributed by atoms with Crippen LogP contribution < -0.4 is 10.6 Å². The van der Waals surface area contributed by atoms with Crippen molar-refractivity contribution in [2.45, 2.75) is 37.8 Å². The third kappa shape index (κ3) is 3.72. The summed E-state index contributed by atoms with van der Waals surface area (Å²) in [5.41, 5.74) is 1.35. The number of carbonyl (C=O) groups excluding carboxylic acids is 2. The highest BCUT2D eigenvalue weighted by Crippen LogP contribution is 2.39. The third-order valence-electron chi connectivity index (χ3n) is 6.77. The van der Waals surface area contributed by atoms with Crippen molar-refractivity contribution in [3.05, 3.63) is 48.3 Å². The summed E-state index contributed by atoms with van der Waals surface area (Å²) >= 11 is 0. The Morgan fingerprint density at radius 3 is 2.87 bits per heavy atom. The molecule has 4 heterocycles. The van der Waals surface area contributed by atoms with E-state index in [4.69, 9.17) is 0 Å². The topological polar surface area (TPSA) is 79.3 Å². The molecule has 7 nitrogen and oxygen atoms in total. The van der Waals surface area contributed by atoms with Crippen molar-refractivity contribution in [3.63, 3.8) is 0 Å². The smallest absolute Gasteiger partial charge is 0.253 e. The lowest BCUT2D eigenvalue weighted by molar-refractivity contribution is -0.148. The average Bonchev–Trinajstić information content (AvgIpc) is 3.29. The Hall–Kier alpha value is -2.38. The summed E-state index contributed by atoms with van der Waals surface area (Å²) in [6, 6.07) is 9.70. The molecule has 3 fully saturated rings. The van der Waals surface area contributed by atoms with E-state index in [9.17, 15) is 9.59 Å². The number of nitrogens with zero attached hydrogens (tertiary/aromatic N) is 3. The Balaban J connectivity index is 0.00000218. The van der Waals surface area contributed by atoms with Crippen LogP contribution in [0.3, 0.4) is 0 Å². The van der Waals surface area contributed by atoms with Crippen LogP contribution in [0.5, 0.6) is 0 Å². The quantitative estimate of drug-likeness (QED) is 0.779. The second kappa shape index (κ2) is 8.78. The molecule has 3 saturated heterocycles. The Bertz CT molecular complexity index is 903. The van der Waals surface area contributed by atoms with Crippen LogP contribution in [-0.4, -0.2) is 58.2 Å². The minimum Gasteiger partial charge on any atom is -0.350 e. The predicted octanol–water partition coefficient (Wildman–Crippen LogP) is 2.01. The first-order valence-electron chi connectivity index (χ1n) is 10.6. The average molecular weight is 430 g/mol. The van der Waals surface area contributed by atoms with Gasteiger partial charge in [0.05, 0.1) is 17.3 Å². The SMILES string of the molecule is Cl.O=C(NC[C@H]1[C@@H]2CNC[C@@H](C2)[C@@H]2CCCC(=O)N21)c1ccccc1-n1cccn1. The van der Waals surface area contributed by atoms with E-state index in [1.165, 1.54) is 0 Å². The minimum atomic E-state index is -0.122. The summed E-state index contributed by atoms with van der Waals surface area (Å²) in [5.74, 6) is 1.08. The summed E-state index contributed by atoms with van der Waals surface area (Å²) in [6.45, 7) is 2.41. The molecule has 8 heteroatoms. The molecule has 2 bridgehead atoms. The van der Waals surface area contributed by atoms with Gasteiger partial charge in [0.15, 0.2) is 0 Å². The molecule has 1 aromatic carbocycles. The third-order valence-corrected chi connectivity index (χ3v) is 6.77. The molecule has 30 heavy (non-hydrogen) atoms. The van der Waals surface area contributed by atoms with Crippen LogP contribution in [0.4, 0.5) is 0 Å². The minimum absolute atomic E-state index is 0. The van der Waals surface area contributed by atoms with Crippen molar-refractivity contribution in [3.8, 4) is 5.69 Å². The van der Waals surface area contributed by atoms with Gasteiger partial charge in [-0.3, -0.25) is 9.59 Å². The molecule has 3 aliphatic heterocycles. The van der Waals surface area contributed by atoms with E-state index in [0.29, 0.717) is 36.4 Å². The van der Waals surface area contributed by atoms with E-state index < -0.39 is 0 Å². The van der Waals surface area contributed by atoms with Crippen LogP contribution in [0.15, 0.2) is 42.7 Å². The van der Waals surface area contributed by atoms with Gasteiger partial charge in [-0.2, -0.15) is 5.10 Å². The highest BCUT2D eigenvalue weighted by molar-refractivity contribution is 5.97. The standard InChI is InChI=1S/C22H27N5O2.ClH/c28-21-8-3-7-18-15-11-16(13-23-12-15)20(27(18)21)14-24-22(29)17-5-1-2-6-19(17)26-10-4-9-25-26;/h1-2,4-6,9-10,15-16,18,20,23H,3,7-8,11-14H2,(H,24,29);1H/t15-,16+,18+,20+;/m1./s1. The maximum atomic E-state index is 13.0. The number of benzene rings is 1. The van der Waals surface area contributed by atoms with Crippen LogP contribution in [-0.2, 0) is 4.79 Å². The lowest BCUT2D eigenvalue weighted by Gasteiger charge is -2.54. The van der Waals surface area contributed by atoms with Gasteiger partial charge >= 0.3 is 0 Å². The lowest BCUT2D eigenvalue weighted by Crippen LogP contribution is -2.66. The Morgan fingerprint density at radius 1 is 1.20 bits per heavy atom. The normalized spacial score (nSPS) is 27.7. The van der Waals surface area contributed by atoms with Crippen molar-refractivity contribution in [1.82, 2.24) is 25.3 Å². The Kier molecular flexibility index (Phi) is 6.11. The zero-order chi connectivity index (χ0) is 19.8. The lowest BCUT2D eigenvalue weighted by atomic mass is 9.72. The summed E-state index contributed by atoms with van der Waals surface area (Å²) in [4.78, 5) is 28.0. The number of fused-ring (bicyclic) bond motifs is 4. The number of carbonyl (C=O) groups is 2. The van der Waals surface area contributed by atoms with Gasteiger partial charge in [-0.25, -0.2) is 4.68 Å². The molecule has 2 amide bonds. The number of piperidine rings is 3. The number of aromatic nitrogens is 2. The second-order valence-corrected chi connectivity index (χ2v) is 8.42. The molecule has 5 rings (SSSR count). The summed E-state index contributed by atoms with van der Waals surface area (Å²) in [6.07, 6.45) is 7.38. The van der Waals surface area contributed by atoms with Gasteiger partial charge in [0.25, 0.3) is 5.91 Å². The first-order valence-corrected chi connectivity index (χ1v) is 10.6. The molecule has 0 aliphatic carbocycles. The van der Waals surface area contributed by atoms with Crippen molar-refractivity contribution in [1.29, 1.82) is 0 Å². The van der Waals surface area contributed by atoms with E-state index in [2.05, 4.69) is 20.6 Å². The maximum absolute atomic E-state index is 13.0. The predicted molar refractivity (Wildman–Crippen MR) is 116 cm³/mol. The molecule has 2 N–H and O–H groups in total. The van der Waals surface area contributed by atoms with E-state index >= 15 is 0 Å². The van der Waals surface area contributed by atoms with E-state index in [-0.39, 0.29) is 30.3 Å². The number of hydrogen-bond donors (Lipinski definition) is 2. The van der Waals surface area contributed by atoms with Crippen molar-refractivity contribution in [2.24, 2.45) is 11.8 Å². The van der Waals surface area contributed by atoms with Gasteiger partial charge in [-0.15, -0.1) is 12.4 Å². The van der Waals surface area contributed by atoms with Gasteiger partial charge in [0.1, 0.15) is 0 Å². The molecule has 0 spiro atoms. The van der Waals surface area contributed by atoms with Crippen LogP contribution in [0, 0.1) is 11.8 Å². The molecule has 4 atom stereocenters. The van der Waals surface area contributed by atoms with Gasteiger partial charge in [0.2, 0.25) is 5.91 Å². The fourth-order valence-electron chi connectivity index (χ4n) is 5.47. The van der Waals surface area contributed by atoms with Crippen LogP contribution >= 0.6 is 12.4 Å². The van der Waals surface area contributed by atoms with E-state index in [1.807, 2.05) is 36.5 Å². The molecule has 1 aromatic heterocycles. The monoisotopic (exact) mass is 429 g/mol. The van der Waals surface area contributed by atoms with E-state index in [1.54, 1.807) is 10.9 Å². The second-order valence-electron chi connectivity index (χ2n) is 8.42.